The van der Waals surface area contributed by atoms with E-state index in [1.165, 1.54) is 42.5 Å². The summed E-state index contributed by atoms with van der Waals surface area (Å²) in [4.78, 5) is 23.2. The van der Waals surface area contributed by atoms with Crippen LogP contribution >= 0.6 is 0 Å². The quantitative estimate of drug-likeness (QED) is 0.817. The lowest BCUT2D eigenvalue weighted by atomic mass is 10.0. The van der Waals surface area contributed by atoms with Crippen LogP contribution in [0.3, 0.4) is 0 Å². The molecule has 24 heavy (non-hydrogen) atoms. The van der Waals surface area contributed by atoms with Crippen LogP contribution in [0.2, 0.25) is 0 Å². The summed E-state index contributed by atoms with van der Waals surface area (Å²) in [6, 6.07) is 15.3. The Morgan fingerprint density at radius 2 is 1.50 bits per heavy atom. The SMILES string of the molecule is CN1CCN(Cc2cccc3ccccc23)CC1.O=C(O)C(=O)O. The lowest BCUT2D eigenvalue weighted by molar-refractivity contribution is -0.159. The molecule has 6 heteroatoms. The highest BCUT2D eigenvalue weighted by atomic mass is 16.4. The fourth-order valence-electron chi connectivity index (χ4n) is 2.68. The van der Waals surface area contributed by atoms with Gasteiger partial charge in [0.15, 0.2) is 0 Å². The number of benzene rings is 2. The number of carboxylic acid groups (broad SMARTS) is 2. The van der Waals surface area contributed by atoms with Crippen LogP contribution in [0, 0.1) is 0 Å². The molecule has 0 atom stereocenters. The molecule has 2 N–H and O–H groups in total. The van der Waals surface area contributed by atoms with Gasteiger partial charge < -0.3 is 15.1 Å². The van der Waals surface area contributed by atoms with Crippen LogP contribution in [0.4, 0.5) is 0 Å². The first-order chi connectivity index (χ1) is 11.5. The normalized spacial score (nSPS) is 15.5. The predicted molar refractivity (Wildman–Crippen MR) is 92.0 cm³/mol. The Hall–Kier alpha value is -2.44. The van der Waals surface area contributed by atoms with Crippen molar-refractivity contribution in [3.8, 4) is 0 Å². The number of aliphatic carboxylic acids is 2. The van der Waals surface area contributed by atoms with Crippen molar-refractivity contribution in [1.29, 1.82) is 0 Å². The summed E-state index contributed by atoms with van der Waals surface area (Å²) in [6.45, 7) is 5.81. The lowest BCUT2D eigenvalue weighted by Crippen LogP contribution is -2.43. The predicted octanol–water partition coefficient (Wildman–Crippen LogP) is 1.74. The number of likely N-dealkylation sites (N-methyl/N-ethyl adjacent to an activating group) is 1. The minimum atomic E-state index is -1.82. The van der Waals surface area contributed by atoms with Crippen LogP contribution < -0.4 is 0 Å². The summed E-state index contributed by atoms with van der Waals surface area (Å²) >= 11 is 0. The number of piperazine rings is 1. The first-order valence-electron chi connectivity index (χ1n) is 7.81. The average Bonchev–Trinajstić information content (AvgIpc) is 2.58. The third-order valence-electron chi connectivity index (χ3n) is 4.05. The first kappa shape index (κ1) is 17.9. The van der Waals surface area contributed by atoms with Crippen molar-refractivity contribution in [2.45, 2.75) is 6.54 Å². The molecule has 128 valence electrons. The van der Waals surface area contributed by atoms with Gasteiger partial charge in [0.05, 0.1) is 0 Å². The fourth-order valence-corrected chi connectivity index (χ4v) is 2.68. The number of carbonyl (C=O) groups is 2. The highest BCUT2D eigenvalue weighted by Crippen LogP contribution is 2.20. The second-order valence-electron chi connectivity index (χ2n) is 5.83. The maximum absolute atomic E-state index is 9.10. The van der Waals surface area contributed by atoms with E-state index in [0.29, 0.717) is 0 Å². The minimum absolute atomic E-state index is 1.08. The molecule has 1 saturated heterocycles. The van der Waals surface area contributed by atoms with Crippen LogP contribution in [0.25, 0.3) is 10.8 Å². The monoisotopic (exact) mass is 330 g/mol. The molecular formula is C18H22N2O4. The Balaban J connectivity index is 0.000000301. The topological polar surface area (TPSA) is 81.1 Å². The fraction of sp³-hybridized carbons (Fsp3) is 0.333. The van der Waals surface area contributed by atoms with Gasteiger partial charge in [-0.15, -0.1) is 0 Å². The first-order valence-corrected chi connectivity index (χ1v) is 7.81. The van der Waals surface area contributed by atoms with Crippen LogP contribution in [-0.2, 0) is 16.1 Å². The van der Waals surface area contributed by atoms with Crippen molar-refractivity contribution < 1.29 is 19.8 Å². The van der Waals surface area contributed by atoms with Gasteiger partial charge >= 0.3 is 11.9 Å². The molecule has 0 spiro atoms. The molecule has 3 rings (SSSR count). The van der Waals surface area contributed by atoms with Crippen LogP contribution in [0.5, 0.6) is 0 Å². The van der Waals surface area contributed by atoms with Crippen molar-refractivity contribution in [2.75, 3.05) is 33.2 Å². The zero-order valence-electron chi connectivity index (χ0n) is 13.7. The van der Waals surface area contributed by atoms with E-state index in [1.807, 2.05) is 0 Å². The van der Waals surface area contributed by atoms with E-state index in [2.05, 4.69) is 59.3 Å². The Labute approximate surface area is 140 Å². The molecule has 0 amide bonds. The summed E-state index contributed by atoms with van der Waals surface area (Å²) in [7, 11) is 2.20. The second kappa shape index (κ2) is 8.42. The summed E-state index contributed by atoms with van der Waals surface area (Å²) in [6.07, 6.45) is 0. The van der Waals surface area contributed by atoms with Gasteiger partial charge in [-0.3, -0.25) is 4.90 Å². The van der Waals surface area contributed by atoms with E-state index >= 15 is 0 Å². The molecule has 1 fully saturated rings. The molecule has 0 aromatic heterocycles. The lowest BCUT2D eigenvalue weighted by Gasteiger charge is -2.32. The zero-order chi connectivity index (χ0) is 17.5. The van der Waals surface area contributed by atoms with Gasteiger partial charge in [-0.1, -0.05) is 42.5 Å². The largest absolute Gasteiger partial charge is 0.473 e. The Kier molecular flexibility index (Phi) is 6.28. The molecule has 0 aliphatic carbocycles. The van der Waals surface area contributed by atoms with Gasteiger partial charge in [0.25, 0.3) is 0 Å². The Morgan fingerprint density at radius 3 is 2.12 bits per heavy atom. The molecule has 2 aromatic carbocycles. The number of rotatable bonds is 2. The molecule has 0 bridgehead atoms. The van der Waals surface area contributed by atoms with Gasteiger partial charge in [-0.25, -0.2) is 9.59 Å². The molecule has 1 heterocycles. The van der Waals surface area contributed by atoms with E-state index in [-0.39, 0.29) is 0 Å². The summed E-state index contributed by atoms with van der Waals surface area (Å²) in [5.74, 6) is -3.65. The van der Waals surface area contributed by atoms with E-state index in [9.17, 15) is 0 Å². The van der Waals surface area contributed by atoms with Gasteiger partial charge in [0.2, 0.25) is 0 Å². The van der Waals surface area contributed by atoms with Crippen molar-refractivity contribution in [2.24, 2.45) is 0 Å². The van der Waals surface area contributed by atoms with Gasteiger partial charge in [-0.05, 0) is 23.4 Å². The summed E-state index contributed by atoms with van der Waals surface area (Å²) in [5, 5.41) is 17.5. The second-order valence-corrected chi connectivity index (χ2v) is 5.83. The van der Waals surface area contributed by atoms with E-state index in [4.69, 9.17) is 19.8 Å². The molecule has 1 aliphatic rings. The highest BCUT2D eigenvalue weighted by molar-refractivity contribution is 6.27. The molecule has 1 aliphatic heterocycles. The van der Waals surface area contributed by atoms with Gasteiger partial charge in [-0.2, -0.15) is 0 Å². The van der Waals surface area contributed by atoms with Crippen LogP contribution in [-0.4, -0.2) is 65.2 Å². The van der Waals surface area contributed by atoms with Crippen molar-refractivity contribution >= 4 is 22.7 Å². The maximum Gasteiger partial charge on any atom is 0.414 e. The standard InChI is InChI=1S/C16H20N2.C2H2O4/c1-17-9-11-18(12-10-17)13-15-7-4-6-14-5-2-3-8-16(14)15;3-1(4)2(5)6/h2-8H,9-13H2,1H3;(H,3,4)(H,5,6). The van der Waals surface area contributed by atoms with Gasteiger partial charge in [0.1, 0.15) is 0 Å². The maximum atomic E-state index is 9.10. The number of fused-ring (bicyclic) bond motifs is 1. The summed E-state index contributed by atoms with van der Waals surface area (Å²) < 4.78 is 0. The summed E-state index contributed by atoms with van der Waals surface area (Å²) in [5.41, 5.74) is 1.46. The van der Waals surface area contributed by atoms with Crippen molar-refractivity contribution in [1.82, 2.24) is 9.80 Å². The molecule has 0 radical (unpaired) electrons. The molecule has 0 saturated carbocycles. The highest BCUT2D eigenvalue weighted by Gasteiger charge is 2.14. The zero-order valence-corrected chi connectivity index (χ0v) is 13.7. The Morgan fingerprint density at radius 1 is 0.917 bits per heavy atom. The smallest absolute Gasteiger partial charge is 0.414 e. The molecule has 2 aromatic rings. The number of carboxylic acids is 2. The third kappa shape index (κ3) is 5.04. The van der Waals surface area contributed by atoms with E-state index in [1.54, 1.807) is 0 Å². The van der Waals surface area contributed by atoms with E-state index < -0.39 is 11.9 Å². The van der Waals surface area contributed by atoms with Crippen molar-refractivity contribution in [3.63, 3.8) is 0 Å². The molecule has 6 nitrogen and oxygen atoms in total. The third-order valence-corrected chi connectivity index (χ3v) is 4.05. The van der Waals surface area contributed by atoms with Crippen LogP contribution in [0.1, 0.15) is 5.56 Å². The van der Waals surface area contributed by atoms with Gasteiger partial charge in [0, 0.05) is 32.7 Å². The van der Waals surface area contributed by atoms with E-state index in [0.717, 1.165) is 6.54 Å². The van der Waals surface area contributed by atoms with Crippen LogP contribution in [0.15, 0.2) is 42.5 Å². The number of hydrogen-bond donors (Lipinski definition) is 2. The van der Waals surface area contributed by atoms with Crippen molar-refractivity contribution in [3.05, 3.63) is 48.0 Å². The molecule has 0 unspecified atom stereocenters. The number of hydrogen-bond acceptors (Lipinski definition) is 4. The number of nitrogens with zero attached hydrogens (tertiary/aromatic N) is 2. The Bertz CT molecular complexity index is 692. The molecular weight excluding hydrogens is 308 g/mol. The minimum Gasteiger partial charge on any atom is -0.473 e. The average molecular weight is 330 g/mol.